The van der Waals surface area contributed by atoms with Crippen LogP contribution >= 0.6 is 0 Å². The number of ether oxygens (including phenoxy) is 2. The number of amides is 1. The lowest BCUT2D eigenvalue weighted by Gasteiger charge is -2.39. The number of hydrogen-bond donors (Lipinski definition) is 1. The molecule has 1 heterocycles. The number of rotatable bonds is 6. The number of anilines is 2. The third-order valence-electron chi connectivity index (χ3n) is 5.77. The van der Waals surface area contributed by atoms with Crippen molar-refractivity contribution in [2.75, 3.05) is 24.4 Å². The summed E-state index contributed by atoms with van der Waals surface area (Å²) in [6.45, 7) is 2.10. The number of nitrogens with zero attached hydrogens (tertiary/aromatic N) is 1. The minimum atomic E-state index is -0.0436. The van der Waals surface area contributed by atoms with Crippen LogP contribution in [0.25, 0.3) is 6.08 Å². The molecule has 0 radical (unpaired) electrons. The molecule has 4 rings (SSSR count). The van der Waals surface area contributed by atoms with Crippen LogP contribution in [0.5, 0.6) is 11.5 Å². The maximum atomic E-state index is 13.2. The zero-order valence-electron chi connectivity index (χ0n) is 18.6. The molecule has 2 atom stereocenters. The summed E-state index contributed by atoms with van der Waals surface area (Å²) in [5.41, 5.74) is 4.02. The number of hydrogen-bond acceptors (Lipinski definition) is 4. The molecule has 5 heteroatoms. The fourth-order valence-corrected chi connectivity index (χ4v) is 4.22. The van der Waals surface area contributed by atoms with E-state index in [0.717, 1.165) is 28.9 Å². The highest BCUT2D eigenvalue weighted by molar-refractivity contribution is 6.05. The second kappa shape index (κ2) is 9.60. The van der Waals surface area contributed by atoms with Gasteiger partial charge < -0.3 is 19.7 Å². The Kier molecular flexibility index (Phi) is 6.45. The molecule has 0 spiro atoms. The van der Waals surface area contributed by atoms with Crippen molar-refractivity contribution in [1.29, 1.82) is 0 Å². The lowest BCUT2D eigenvalue weighted by atomic mass is 9.91. The van der Waals surface area contributed by atoms with Crippen molar-refractivity contribution < 1.29 is 14.3 Å². The van der Waals surface area contributed by atoms with Gasteiger partial charge in [-0.1, -0.05) is 42.5 Å². The predicted octanol–water partition coefficient (Wildman–Crippen LogP) is 5.70. The van der Waals surface area contributed by atoms with Gasteiger partial charge in [0.1, 0.15) is 0 Å². The topological polar surface area (TPSA) is 50.8 Å². The van der Waals surface area contributed by atoms with E-state index in [4.69, 9.17) is 9.47 Å². The van der Waals surface area contributed by atoms with Crippen LogP contribution in [0.4, 0.5) is 11.4 Å². The van der Waals surface area contributed by atoms with Gasteiger partial charge in [-0.3, -0.25) is 4.79 Å². The molecule has 0 saturated heterocycles. The molecule has 0 aromatic heterocycles. The Labute approximate surface area is 189 Å². The van der Waals surface area contributed by atoms with Gasteiger partial charge in [-0.05, 0) is 60.9 Å². The van der Waals surface area contributed by atoms with Crippen molar-refractivity contribution in [1.82, 2.24) is 0 Å². The van der Waals surface area contributed by atoms with Crippen molar-refractivity contribution in [3.63, 3.8) is 0 Å². The SMILES string of the molecule is COc1ccc(/C=C/C(=O)N2c3ccccc3[C@@H](Nc3ccccc3)C[C@@H]2C)cc1OC. The number of nitrogens with one attached hydrogen (secondary N) is 1. The van der Waals surface area contributed by atoms with Gasteiger partial charge in [0, 0.05) is 23.5 Å². The molecular weight excluding hydrogens is 400 g/mol. The Balaban J connectivity index is 1.58. The molecule has 5 nitrogen and oxygen atoms in total. The first-order valence-electron chi connectivity index (χ1n) is 10.7. The third kappa shape index (κ3) is 4.47. The molecule has 0 saturated carbocycles. The molecule has 3 aromatic carbocycles. The zero-order valence-corrected chi connectivity index (χ0v) is 18.6. The molecule has 1 aliphatic heterocycles. The summed E-state index contributed by atoms with van der Waals surface area (Å²) in [7, 11) is 3.20. The van der Waals surface area contributed by atoms with Gasteiger partial charge in [-0.25, -0.2) is 0 Å². The minimum absolute atomic E-state index is 0.0436. The molecule has 3 aromatic rings. The predicted molar refractivity (Wildman–Crippen MR) is 129 cm³/mol. The summed E-state index contributed by atoms with van der Waals surface area (Å²) in [6.07, 6.45) is 4.26. The average molecular weight is 429 g/mol. The van der Waals surface area contributed by atoms with Gasteiger partial charge in [0.25, 0.3) is 5.91 Å². The molecule has 0 aliphatic carbocycles. The van der Waals surface area contributed by atoms with Gasteiger partial charge in [0.15, 0.2) is 11.5 Å². The molecule has 1 aliphatic rings. The Hall–Kier alpha value is -3.73. The van der Waals surface area contributed by atoms with Gasteiger partial charge >= 0.3 is 0 Å². The van der Waals surface area contributed by atoms with Crippen LogP contribution in [-0.2, 0) is 4.79 Å². The highest BCUT2D eigenvalue weighted by Gasteiger charge is 2.32. The van der Waals surface area contributed by atoms with Crippen molar-refractivity contribution in [3.8, 4) is 11.5 Å². The maximum Gasteiger partial charge on any atom is 0.251 e. The molecule has 164 valence electrons. The van der Waals surface area contributed by atoms with Crippen LogP contribution in [0.2, 0.25) is 0 Å². The molecule has 32 heavy (non-hydrogen) atoms. The number of para-hydroxylation sites is 2. The second-order valence-electron chi connectivity index (χ2n) is 7.86. The maximum absolute atomic E-state index is 13.2. The van der Waals surface area contributed by atoms with E-state index in [1.54, 1.807) is 20.3 Å². The van der Waals surface area contributed by atoms with Gasteiger partial charge in [-0.15, -0.1) is 0 Å². The first-order chi connectivity index (χ1) is 15.6. The van der Waals surface area contributed by atoms with E-state index in [0.29, 0.717) is 11.5 Å². The van der Waals surface area contributed by atoms with E-state index >= 15 is 0 Å². The Morgan fingerprint density at radius 2 is 1.69 bits per heavy atom. The Morgan fingerprint density at radius 1 is 0.969 bits per heavy atom. The van der Waals surface area contributed by atoms with Crippen molar-refractivity contribution in [2.45, 2.75) is 25.4 Å². The first-order valence-corrected chi connectivity index (χ1v) is 10.7. The number of carbonyl (C=O) groups excluding carboxylic acids is 1. The monoisotopic (exact) mass is 428 g/mol. The van der Waals surface area contributed by atoms with Gasteiger partial charge in [0.2, 0.25) is 0 Å². The van der Waals surface area contributed by atoms with E-state index in [1.807, 2.05) is 65.6 Å². The third-order valence-corrected chi connectivity index (χ3v) is 5.77. The highest BCUT2D eigenvalue weighted by Crippen LogP contribution is 2.39. The molecular formula is C27H28N2O3. The standard InChI is InChI=1S/C27H28N2O3/c1-19-17-23(28-21-9-5-4-6-10-21)22-11-7-8-12-24(22)29(19)27(30)16-14-20-13-15-25(31-2)26(18-20)32-3/h4-16,18-19,23,28H,17H2,1-3H3/b16-14+/t19-,23-/m0/s1. The minimum Gasteiger partial charge on any atom is -0.493 e. The Bertz CT molecular complexity index is 1110. The number of methoxy groups -OCH3 is 2. The van der Waals surface area contributed by atoms with Crippen molar-refractivity contribution >= 4 is 23.4 Å². The van der Waals surface area contributed by atoms with Gasteiger partial charge in [0.05, 0.1) is 20.3 Å². The zero-order chi connectivity index (χ0) is 22.5. The van der Waals surface area contributed by atoms with Crippen molar-refractivity contribution in [2.24, 2.45) is 0 Å². The fraction of sp³-hybridized carbons (Fsp3) is 0.222. The Morgan fingerprint density at radius 3 is 2.44 bits per heavy atom. The van der Waals surface area contributed by atoms with Crippen LogP contribution < -0.4 is 19.7 Å². The lowest BCUT2D eigenvalue weighted by Crippen LogP contribution is -2.43. The van der Waals surface area contributed by atoms with E-state index in [9.17, 15) is 4.79 Å². The first kappa shape index (κ1) is 21.5. The quantitative estimate of drug-likeness (QED) is 0.512. The summed E-state index contributed by atoms with van der Waals surface area (Å²) in [4.78, 5) is 15.1. The number of fused-ring (bicyclic) bond motifs is 1. The van der Waals surface area contributed by atoms with Crippen LogP contribution in [-0.4, -0.2) is 26.2 Å². The lowest BCUT2D eigenvalue weighted by molar-refractivity contribution is -0.114. The van der Waals surface area contributed by atoms with E-state index in [-0.39, 0.29) is 18.0 Å². The summed E-state index contributed by atoms with van der Waals surface area (Å²) in [5, 5.41) is 3.63. The smallest absolute Gasteiger partial charge is 0.251 e. The number of benzene rings is 3. The van der Waals surface area contributed by atoms with Crippen LogP contribution in [0.3, 0.4) is 0 Å². The van der Waals surface area contributed by atoms with Gasteiger partial charge in [-0.2, -0.15) is 0 Å². The molecule has 0 unspecified atom stereocenters. The molecule has 1 N–H and O–H groups in total. The molecule has 0 fully saturated rings. The van der Waals surface area contributed by atoms with E-state index < -0.39 is 0 Å². The largest absolute Gasteiger partial charge is 0.493 e. The molecule has 0 bridgehead atoms. The summed E-state index contributed by atoms with van der Waals surface area (Å²) in [5.74, 6) is 1.25. The summed E-state index contributed by atoms with van der Waals surface area (Å²) < 4.78 is 10.7. The van der Waals surface area contributed by atoms with Crippen molar-refractivity contribution in [3.05, 3.63) is 90.0 Å². The normalized spacial score (nSPS) is 17.7. The summed E-state index contributed by atoms with van der Waals surface area (Å²) >= 11 is 0. The second-order valence-corrected chi connectivity index (χ2v) is 7.86. The fourth-order valence-electron chi connectivity index (χ4n) is 4.22. The van der Waals surface area contributed by atoms with Crippen LogP contribution in [0.1, 0.15) is 30.5 Å². The van der Waals surface area contributed by atoms with E-state index in [1.165, 1.54) is 0 Å². The number of carbonyl (C=O) groups is 1. The van der Waals surface area contributed by atoms with Crippen LogP contribution in [0.15, 0.2) is 78.9 Å². The van der Waals surface area contributed by atoms with E-state index in [2.05, 4.69) is 30.4 Å². The summed E-state index contributed by atoms with van der Waals surface area (Å²) in [6, 6.07) is 24.1. The average Bonchev–Trinajstić information content (AvgIpc) is 2.83. The van der Waals surface area contributed by atoms with Crippen LogP contribution in [0, 0.1) is 0 Å². The molecule has 1 amide bonds. The highest BCUT2D eigenvalue weighted by atomic mass is 16.5.